The molecule has 1 aromatic heterocycles. The second-order valence-corrected chi connectivity index (χ2v) is 3.65. The van der Waals surface area contributed by atoms with E-state index < -0.39 is 5.97 Å². The van der Waals surface area contributed by atoms with Crippen LogP contribution in [0, 0.1) is 6.92 Å². The van der Waals surface area contributed by atoms with E-state index >= 15 is 0 Å². The maximum atomic E-state index is 10.7. The van der Waals surface area contributed by atoms with Crippen molar-refractivity contribution in [3.63, 3.8) is 0 Å². The van der Waals surface area contributed by atoms with Crippen LogP contribution in [0.5, 0.6) is 0 Å². The number of carbonyl (C=O) groups is 1. The van der Waals surface area contributed by atoms with Gasteiger partial charge < -0.3 is 14.3 Å². The van der Waals surface area contributed by atoms with Gasteiger partial charge in [-0.3, -0.25) is 0 Å². The van der Waals surface area contributed by atoms with Crippen molar-refractivity contribution in [3.8, 4) is 11.5 Å². The van der Waals surface area contributed by atoms with Gasteiger partial charge in [0.1, 0.15) is 11.5 Å². The number of hydrogen-bond acceptors (Lipinski definition) is 4. The highest BCUT2D eigenvalue weighted by Crippen LogP contribution is 2.22. The van der Waals surface area contributed by atoms with Crippen LogP contribution >= 0.6 is 11.6 Å². The maximum absolute atomic E-state index is 10.7. The second-order valence-electron chi connectivity index (χ2n) is 3.22. The van der Waals surface area contributed by atoms with Crippen molar-refractivity contribution in [2.75, 3.05) is 0 Å². The van der Waals surface area contributed by atoms with Crippen LogP contribution in [0.1, 0.15) is 16.2 Å². The first kappa shape index (κ1) is 10.7. The van der Waals surface area contributed by atoms with E-state index in [1.54, 1.807) is 24.3 Å². The molecule has 0 amide bonds. The highest BCUT2D eigenvalue weighted by molar-refractivity contribution is 6.30. The van der Waals surface area contributed by atoms with Gasteiger partial charge in [-0.1, -0.05) is 11.6 Å². The van der Waals surface area contributed by atoms with Gasteiger partial charge in [-0.15, -0.1) is 0 Å². The lowest BCUT2D eigenvalue weighted by molar-refractivity contribution is -0.255. The van der Waals surface area contributed by atoms with Gasteiger partial charge in [-0.05, 0) is 31.2 Å². The minimum atomic E-state index is -1.35. The minimum absolute atomic E-state index is 0.176. The van der Waals surface area contributed by atoms with Crippen molar-refractivity contribution in [2.24, 2.45) is 0 Å². The molecule has 82 valence electrons. The Morgan fingerprint density at radius 3 is 2.50 bits per heavy atom. The number of halogens is 1. The van der Waals surface area contributed by atoms with E-state index in [1.165, 1.54) is 6.92 Å². The monoisotopic (exact) mass is 236 g/mol. The highest BCUT2D eigenvalue weighted by atomic mass is 35.5. The molecule has 0 saturated carbocycles. The van der Waals surface area contributed by atoms with E-state index in [0.29, 0.717) is 10.6 Å². The maximum Gasteiger partial charge on any atom is 0.226 e. The summed E-state index contributed by atoms with van der Waals surface area (Å²) in [6.45, 7) is 1.53. The molecule has 1 heterocycles. The van der Waals surface area contributed by atoms with Crippen molar-refractivity contribution in [1.29, 1.82) is 0 Å². The summed E-state index contributed by atoms with van der Waals surface area (Å²) in [5.41, 5.74) is 0.491. The van der Waals surface area contributed by atoms with Crippen LogP contribution in [0.15, 0.2) is 28.7 Å². The number of aromatic carboxylic acids is 1. The lowest BCUT2D eigenvalue weighted by Crippen LogP contribution is -2.23. The third-order valence-electron chi connectivity index (χ3n) is 2.08. The van der Waals surface area contributed by atoms with Crippen LogP contribution in [0.2, 0.25) is 5.02 Å². The normalized spacial score (nSPS) is 10.4. The molecule has 0 aliphatic heterocycles. The smallest absolute Gasteiger partial charge is 0.226 e. The Bertz CT molecular complexity index is 531. The number of nitrogens with zero attached hydrogens (tertiary/aromatic N) is 1. The van der Waals surface area contributed by atoms with Crippen LogP contribution in [0.25, 0.3) is 11.5 Å². The Labute approximate surface area is 96.5 Å². The number of benzene rings is 1. The van der Waals surface area contributed by atoms with Gasteiger partial charge >= 0.3 is 0 Å². The van der Waals surface area contributed by atoms with Gasteiger partial charge in [0, 0.05) is 10.6 Å². The summed E-state index contributed by atoms with van der Waals surface area (Å²) < 4.78 is 5.23. The molecule has 0 spiro atoms. The predicted molar refractivity (Wildman–Crippen MR) is 56.0 cm³/mol. The Morgan fingerprint density at radius 2 is 2.00 bits per heavy atom. The molecule has 1 aromatic carbocycles. The zero-order valence-electron chi connectivity index (χ0n) is 8.36. The molecule has 0 unspecified atom stereocenters. The van der Waals surface area contributed by atoms with Crippen molar-refractivity contribution in [3.05, 3.63) is 40.7 Å². The molecule has 0 bridgehead atoms. The average molecular weight is 237 g/mol. The molecule has 0 fully saturated rings. The topological polar surface area (TPSA) is 66.2 Å². The van der Waals surface area contributed by atoms with Crippen LogP contribution in [0.4, 0.5) is 0 Å². The Morgan fingerprint density at radius 1 is 1.38 bits per heavy atom. The molecule has 0 N–H and O–H groups in total. The molecule has 0 aliphatic carbocycles. The fourth-order valence-corrected chi connectivity index (χ4v) is 1.43. The quantitative estimate of drug-likeness (QED) is 0.796. The van der Waals surface area contributed by atoms with Crippen LogP contribution < -0.4 is 5.11 Å². The van der Waals surface area contributed by atoms with Gasteiger partial charge in [-0.2, -0.15) is 0 Å². The largest absolute Gasteiger partial charge is 0.543 e. The lowest BCUT2D eigenvalue weighted by atomic mass is 10.2. The van der Waals surface area contributed by atoms with Crippen LogP contribution in [-0.2, 0) is 0 Å². The van der Waals surface area contributed by atoms with E-state index in [1.807, 2.05) is 0 Å². The summed E-state index contributed by atoms with van der Waals surface area (Å²) in [4.78, 5) is 14.5. The van der Waals surface area contributed by atoms with E-state index in [4.69, 9.17) is 16.0 Å². The molecule has 0 aliphatic rings. The van der Waals surface area contributed by atoms with E-state index in [9.17, 15) is 9.90 Å². The molecule has 2 rings (SSSR count). The first-order valence-corrected chi connectivity index (χ1v) is 4.90. The third-order valence-corrected chi connectivity index (χ3v) is 2.33. The molecular weight excluding hydrogens is 230 g/mol. The number of carbonyl (C=O) groups excluding carboxylic acids is 1. The summed E-state index contributed by atoms with van der Waals surface area (Å²) >= 11 is 5.73. The summed E-state index contributed by atoms with van der Waals surface area (Å²) in [6.07, 6.45) is 0. The van der Waals surface area contributed by atoms with Gasteiger partial charge in [0.25, 0.3) is 0 Å². The lowest BCUT2D eigenvalue weighted by Gasteiger charge is -1.95. The van der Waals surface area contributed by atoms with E-state index in [0.717, 1.165) is 0 Å². The number of oxazole rings is 1. The summed E-state index contributed by atoms with van der Waals surface area (Å²) in [5.74, 6) is -0.875. The summed E-state index contributed by atoms with van der Waals surface area (Å²) in [5, 5.41) is 11.3. The Hall–Kier alpha value is -1.81. The minimum Gasteiger partial charge on any atom is -0.543 e. The van der Waals surface area contributed by atoms with Gasteiger partial charge in [-0.25, -0.2) is 4.98 Å². The number of aromatic nitrogens is 1. The van der Waals surface area contributed by atoms with Gasteiger partial charge in [0.2, 0.25) is 5.89 Å². The number of hydrogen-bond donors (Lipinski definition) is 0. The molecule has 0 atom stereocenters. The van der Waals surface area contributed by atoms with Crippen molar-refractivity contribution in [1.82, 2.24) is 4.98 Å². The van der Waals surface area contributed by atoms with Crippen LogP contribution in [0.3, 0.4) is 0 Å². The summed E-state index contributed by atoms with van der Waals surface area (Å²) in [7, 11) is 0. The van der Waals surface area contributed by atoms with E-state index in [-0.39, 0.29) is 17.3 Å². The Balaban J connectivity index is 2.45. The number of carboxylic acids is 1. The van der Waals surface area contributed by atoms with E-state index in [2.05, 4.69) is 4.98 Å². The Kier molecular flexibility index (Phi) is 2.66. The SMILES string of the molecule is Cc1oc(-c2ccc(Cl)cc2)nc1C(=O)[O-]. The number of rotatable bonds is 2. The standard InChI is InChI=1S/C11H8ClNO3/c1-6-9(11(14)15)13-10(16-6)7-2-4-8(12)5-3-7/h2-5H,1H3,(H,14,15)/p-1. The first-order chi connectivity index (χ1) is 7.58. The second kappa shape index (κ2) is 3.98. The fraction of sp³-hybridized carbons (Fsp3) is 0.0909. The zero-order chi connectivity index (χ0) is 11.7. The molecule has 0 saturated heterocycles. The first-order valence-electron chi connectivity index (χ1n) is 4.52. The van der Waals surface area contributed by atoms with Crippen molar-refractivity contribution >= 4 is 17.6 Å². The summed E-state index contributed by atoms with van der Waals surface area (Å²) in [6, 6.07) is 6.75. The highest BCUT2D eigenvalue weighted by Gasteiger charge is 2.11. The molecule has 4 nitrogen and oxygen atoms in total. The number of aryl methyl sites for hydroxylation is 1. The third kappa shape index (κ3) is 1.92. The molecule has 0 radical (unpaired) electrons. The average Bonchev–Trinajstić information content (AvgIpc) is 2.61. The molecular formula is C11H7ClNO3-. The number of carboxylic acid groups (broad SMARTS) is 1. The van der Waals surface area contributed by atoms with Gasteiger partial charge in [0.05, 0.1) is 5.97 Å². The zero-order valence-corrected chi connectivity index (χ0v) is 9.12. The fourth-order valence-electron chi connectivity index (χ4n) is 1.30. The molecule has 16 heavy (non-hydrogen) atoms. The van der Waals surface area contributed by atoms with Crippen molar-refractivity contribution < 1.29 is 14.3 Å². The predicted octanol–water partition coefficient (Wildman–Crippen LogP) is 1.67. The van der Waals surface area contributed by atoms with Crippen LogP contribution in [-0.4, -0.2) is 11.0 Å². The van der Waals surface area contributed by atoms with Crippen molar-refractivity contribution in [2.45, 2.75) is 6.92 Å². The molecule has 2 aromatic rings. The van der Waals surface area contributed by atoms with Gasteiger partial charge in [0.15, 0.2) is 0 Å². The molecule has 5 heteroatoms.